The predicted octanol–water partition coefficient (Wildman–Crippen LogP) is 4.00. The van der Waals surface area contributed by atoms with Crippen LogP contribution in [0.1, 0.15) is 26.7 Å². The van der Waals surface area contributed by atoms with E-state index in [1.165, 1.54) is 23.9 Å². The molecule has 2 aromatic carbocycles. The number of thioether (sulfide) groups is 1. The molecule has 4 rings (SSSR count). The fourth-order valence-electron chi connectivity index (χ4n) is 2.98. The van der Waals surface area contributed by atoms with Gasteiger partial charge in [0.25, 0.3) is 0 Å². The van der Waals surface area contributed by atoms with Gasteiger partial charge >= 0.3 is 5.97 Å². The van der Waals surface area contributed by atoms with Crippen molar-refractivity contribution in [2.45, 2.75) is 5.25 Å². The molecule has 0 saturated carbocycles. The highest BCUT2D eigenvalue weighted by atomic mass is 35.5. The number of aromatic nitrogens is 2. The Morgan fingerprint density at radius 3 is 2.74 bits per heavy atom. The number of carbonyl (C=O) groups is 2. The molecular formula is C19H14ClN3O3S. The van der Waals surface area contributed by atoms with E-state index in [1.54, 1.807) is 23.0 Å². The molecule has 0 unspecified atom stereocenters. The van der Waals surface area contributed by atoms with E-state index in [4.69, 9.17) is 16.7 Å². The van der Waals surface area contributed by atoms with E-state index in [2.05, 4.69) is 10.4 Å². The van der Waals surface area contributed by atoms with Crippen LogP contribution in [0.5, 0.6) is 0 Å². The molecule has 1 aromatic heterocycles. The van der Waals surface area contributed by atoms with Gasteiger partial charge < -0.3 is 10.4 Å². The molecule has 0 fully saturated rings. The predicted molar refractivity (Wildman–Crippen MR) is 105 cm³/mol. The van der Waals surface area contributed by atoms with Gasteiger partial charge in [0.1, 0.15) is 5.82 Å². The minimum Gasteiger partial charge on any atom is -0.478 e. The Morgan fingerprint density at radius 1 is 1.26 bits per heavy atom. The van der Waals surface area contributed by atoms with Crippen LogP contribution in [0.4, 0.5) is 5.82 Å². The van der Waals surface area contributed by atoms with Crippen LogP contribution in [0.3, 0.4) is 0 Å². The Labute approximate surface area is 164 Å². The van der Waals surface area contributed by atoms with Gasteiger partial charge in [-0.3, -0.25) is 4.79 Å². The van der Waals surface area contributed by atoms with Gasteiger partial charge in [-0.25, -0.2) is 9.48 Å². The van der Waals surface area contributed by atoms with Crippen LogP contribution < -0.4 is 5.32 Å². The van der Waals surface area contributed by atoms with E-state index in [-0.39, 0.29) is 16.7 Å². The zero-order chi connectivity index (χ0) is 19.0. The molecule has 0 radical (unpaired) electrons. The summed E-state index contributed by atoms with van der Waals surface area (Å²) in [6, 6.07) is 13.9. The number of anilines is 1. The van der Waals surface area contributed by atoms with E-state index in [1.807, 2.05) is 24.3 Å². The number of hydrogen-bond acceptors (Lipinski definition) is 4. The van der Waals surface area contributed by atoms with Gasteiger partial charge in [-0.05, 0) is 42.0 Å². The largest absolute Gasteiger partial charge is 0.478 e. The molecule has 1 atom stereocenters. The number of benzene rings is 2. The first kappa shape index (κ1) is 17.6. The summed E-state index contributed by atoms with van der Waals surface area (Å²) in [7, 11) is 0. The van der Waals surface area contributed by atoms with Gasteiger partial charge in [0.05, 0.1) is 28.5 Å². The summed E-state index contributed by atoms with van der Waals surface area (Å²) in [4.78, 5) is 23.3. The topological polar surface area (TPSA) is 84.2 Å². The molecule has 1 amide bonds. The molecule has 136 valence electrons. The zero-order valence-electron chi connectivity index (χ0n) is 13.9. The minimum absolute atomic E-state index is 0.0929. The smallest absolute Gasteiger partial charge is 0.335 e. The highest BCUT2D eigenvalue weighted by Gasteiger charge is 2.28. The van der Waals surface area contributed by atoms with Crippen molar-refractivity contribution in [3.8, 4) is 5.69 Å². The molecule has 1 aliphatic rings. The van der Waals surface area contributed by atoms with Crippen LogP contribution in [0, 0.1) is 0 Å². The number of halogens is 1. The van der Waals surface area contributed by atoms with Crippen LogP contribution in [0.2, 0.25) is 5.02 Å². The number of carboxylic acids is 1. The van der Waals surface area contributed by atoms with E-state index >= 15 is 0 Å². The Kier molecular flexibility index (Phi) is 4.63. The normalized spacial score (nSPS) is 16.3. The van der Waals surface area contributed by atoms with Crippen molar-refractivity contribution in [1.29, 1.82) is 0 Å². The third-order valence-corrected chi connectivity index (χ3v) is 5.75. The molecule has 2 heterocycles. The number of aromatic carboxylic acids is 1. The summed E-state index contributed by atoms with van der Waals surface area (Å²) in [5, 5.41) is 16.9. The van der Waals surface area contributed by atoms with Gasteiger partial charge in [0, 0.05) is 10.6 Å². The van der Waals surface area contributed by atoms with Crippen LogP contribution in [-0.2, 0) is 4.79 Å². The molecular weight excluding hydrogens is 386 g/mol. The molecule has 3 aromatic rings. The summed E-state index contributed by atoms with van der Waals surface area (Å²) in [5.74, 6) is -0.219. The Balaban J connectivity index is 1.79. The molecule has 0 aliphatic carbocycles. The van der Waals surface area contributed by atoms with Gasteiger partial charge in [-0.15, -0.1) is 11.8 Å². The van der Waals surface area contributed by atoms with Crippen molar-refractivity contribution in [3.63, 3.8) is 0 Å². The van der Waals surface area contributed by atoms with Gasteiger partial charge in [-0.2, -0.15) is 5.10 Å². The number of nitrogens with zero attached hydrogens (tertiary/aromatic N) is 2. The van der Waals surface area contributed by atoms with Crippen molar-refractivity contribution < 1.29 is 14.7 Å². The monoisotopic (exact) mass is 399 g/mol. The number of rotatable bonds is 3. The van der Waals surface area contributed by atoms with Crippen LogP contribution in [0.25, 0.3) is 5.69 Å². The minimum atomic E-state index is -0.994. The van der Waals surface area contributed by atoms with Crippen molar-refractivity contribution >= 4 is 41.1 Å². The summed E-state index contributed by atoms with van der Waals surface area (Å²) in [5.41, 5.74) is 2.72. The SMILES string of the molecule is O=C1CS[C@H](c2cccc(Cl)c2)c2cnn(-c3ccc(C(=O)O)cc3)c2N1. The second kappa shape index (κ2) is 7.09. The van der Waals surface area contributed by atoms with Crippen LogP contribution in [-0.4, -0.2) is 32.5 Å². The number of hydrogen-bond donors (Lipinski definition) is 2. The number of nitrogens with one attached hydrogen (secondary N) is 1. The molecule has 0 bridgehead atoms. The molecule has 27 heavy (non-hydrogen) atoms. The maximum absolute atomic E-state index is 12.2. The van der Waals surface area contributed by atoms with Crippen molar-refractivity contribution in [1.82, 2.24) is 9.78 Å². The Morgan fingerprint density at radius 2 is 2.04 bits per heavy atom. The highest BCUT2D eigenvalue weighted by Crippen LogP contribution is 2.42. The molecule has 1 aliphatic heterocycles. The average Bonchev–Trinajstić information content (AvgIpc) is 2.97. The van der Waals surface area contributed by atoms with Crippen molar-refractivity contribution in [2.75, 3.05) is 11.1 Å². The number of fused-ring (bicyclic) bond motifs is 1. The van der Waals surface area contributed by atoms with Crippen LogP contribution >= 0.6 is 23.4 Å². The first-order valence-electron chi connectivity index (χ1n) is 8.11. The first-order chi connectivity index (χ1) is 13.0. The molecule has 8 heteroatoms. The lowest BCUT2D eigenvalue weighted by Gasteiger charge is -2.14. The lowest BCUT2D eigenvalue weighted by Crippen LogP contribution is -2.15. The third kappa shape index (κ3) is 3.43. The number of amides is 1. The van der Waals surface area contributed by atoms with Crippen LogP contribution in [0.15, 0.2) is 54.7 Å². The second-order valence-electron chi connectivity index (χ2n) is 6.01. The first-order valence-corrected chi connectivity index (χ1v) is 9.54. The fraction of sp³-hybridized carbons (Fsp3) is 0.105. The maximum Gasteiger partial charge on any atom is 0.335 e. The molecule has 6 nitrogen and oxygen atoms in total. The summed E-state index contributed by atoms with van der Waals surface area (Å²) < 4.78 is 1.61. The second-order valence-corrected chi connectivity index (χ2v) is 7.54. The number of carbonyl (C=O) groups excluding carboxylic acids is 1. The van der Waals surface area contributed by atoms with Crippen molar-refractivity contribution in [3.05, 3.63) is 76.4 Å². The third-order valence-electron chi connectivity index (χ3n) is 4.23. The lowest BCUT2D eigenvalue weighted by molar-refractivity contribution is -0.113. The van der Waals surface area contributed by atoms with Gasteiger partial charge in [0.2, 0.25) is 5.91 Å². The Bertz CT molecular complexity index is 1030. The quantitative estimate of drug-likeness (QED) is 0.695. The van der Waals surface area contributed by atoms with Gasteiger partial charge in [0.15, 0.2) is 0 Å². The Hall–Kier alpha value is -2.77. The maximum atomic E-state index is 12.2. The fourth-order valence-corrected chi connectivity index (χ4v) is 4.26. The lowest BCUT2D eigenvalue weighted by atomic mass is 10.1. The van der Waals surface area contributed by atoms with Crippen molar-refractivity contribution in [2.24, 2.45) is 0 Å². The van der Waals surface area contributed by atoms with E-state index in [9.17, 15) is 9.59 Å². The average molecular weight is 400 g/mol. The molecule has 2 N–H and O–H groups in total. The summed E-state index contributed by atoms with van der Waals surface area (Å²) >= 11 is 7.65. The molecule has 0 saturated heterocycles. The van der Waals surface area contributed by atoms with E-state index in [0.717, 1.165) is 11.1 Å². The zero-order valence-corrected chi connectivity index (χ0v) is 15.5. The molecule has 0 spiro atoms. The summed E-state index contributed by atoms with van der Waals surface area (Å²) in [6.45, 7) is 0. The van der Waals surface area contributed by atoms with E-state index in [0.29, 0.717) is 22.3 Å². The summed E-state index contributed by atoms with van der Waals surface area (Å²) in [6.07, 6.45) is 1.73. The highest BCUT2D eigenvalue weighted by molar-refractivity contribution is 8.00. The van der Waals surface area contributed by atoms with Gasteiger partial charge in [-0.1, -0.05) is 23.7 Å². The number of carboxylic acid groups (broad SMARTS) is 1. The van der Waals surface area contributed by atoms with E-state index < -0.39 is 5.97 Å². The standard InChI is InChI=1S/C19H14ClN3O3S/c20-13-3-1-2-12(8-13)17-15-9-21-23(18(15)22-16(24)10-27-17)14-6-4-11(5-7-14)19(25)26/h1-9,17H,10H2,(H,22,24)(H,25,26)/t17-/m1/s1.